The Morgan fingerprint density at radius 2 is 1.75 bits per heavy atom. The highest BCUT2D eigenvalue weighted by molar-refractivity contribution is 5.26. The molecule has 0 saturated carbocycles. The minimum Gasteiger partial charge on any atom is -0.379 e. The number of nitrogens with one attached hydrogen (secondary N) is 1. The van der Waals surface area contributed by atoms with Crippen molar-refractivity contribution >= 4 is 0 Å². The van der Waals surface area contributed by atoms with Gasteiger partial charge in [-0.3, -0.25) is 0 Å². The van der Waals surface area contributed by atoms with Crippen LogP contribution in [0.1, 0.15) is 18.1 Å². The van der Waals surface area contributed by atoms with Crippen molar-refractivity contribution in [1.29, 1.82) is 0 Å². The normalized spacial score (nSPS) is 10.6. The molecular formula is C13H21NO2. The maximum Gasteiger partial charge on any atom is 0.0721 e. The maximum absolute atomic E-state index is 5.56. The average Bonchev–Trinajstić information content (AvgIpc) is 2.31. The van der Waals surface area contributed by atoms with Crippen molar-refractivity contribution in [3.8, 4) is 0 Å². The predicted molar refractivity (Wildman–Crippen MR) is 65.4 cm³/mol. The van der Waals surface area contributed by atoms with Gasteiger partial charge in [-0.15, -0.1) is 0 Å². The lowest BCUT2D eigenvalue weighted by molar-refractivity contribution is 0.0450. The Morgan fingerprint density at radius 1 is 1.06 bits per heavy atom. The molecule has 0 spiro atoms. The highest BCUT2D eigenvalue weighted by atomic mass is 16.5. The molecule has 0 aliphatic heterocycles. The first kappa shape index (κ1) is 13.2. The van der Waals surface area contributed by atoms with E-state index in [9.17, 15) is 0 Å². The third-order valence-corrected chi connectivity index (χ3v) is 2.32. The highest BCUT2D eigenvalue weighted by Gasteiger charge is 2.00. The standard InChI is InChI=1S/C13H21NO2/c1-3-15-8-9-16-11-13-7-5-4-6-12(13)10-14-2/h4-7,14H,3,8-11H2,1-2H3. The van der Waals surface area contributed by atoms with Crippen LogP contribution >= 0.6 is 0 Å². The molecule has 0 saturated heterocycles. The van der Waals surface area contributed by atoms with Gasteiger partial charge in [0, 0.05) is 13.2 Å². The molecule has 0 radical (unpaired) electrons. The zero-order valence-corrected chi connectivity index (χ0v) is 10.2. The molecule has 0 amide bonds. The van der Waals surface area contributed by atoms with Crippen molar-refractivity contribution in [1.82, 2.24) is 5.32 Å². The molecule has 16 heavy (non-hydrogen) atoms. The van der Waals surface area contributed by atoms with E-state index in [1.807, 2.05) is 20.0 Å². The second-order valence-electron chi connectivity index (χ2n) is 3.55. The van der Waals surface area contributed by atoms with Crippen LogP contribution in [0.25, 0.3) is 0 Å². The largest absolute Gasteiger partial charge is 0.379 e. The summed E-state index contributed by atoms with van der Waals surface area (Å²) in [5, 5.41) is 3.15. The second-order valence-corrected chi connectivity index (χ2v) is 3.55. The van der Waals surface area contributed by atoms with Crippen LogP contribution in [0.5, 0.6) is 0 Å². The van der Waals surface area contributed by atoms with Crippen molar-refractivity contribution < 1.29 is 9.47 Å². The molecule has 0 bridgehead atoms. The minimum atomic E-state index is 0.654. The fourth-order valence-corrected chi connectivity index (χ4v) is 1.51. The number of hydrogen-bond donors (Lipinski definition) is 1. The van der Waals surface area contributed by atoms with E-state index in [1.165, 1.54) is 11.1 Å². The fraction of sp³-hybridized carbons (Fsp3) is 0.538. The Bertz CT molecular complexity index is 289. The Kier molecular flexibility index (Phi) is 6.81. The molecule has 3 nitrogen and oxygen atoms in total. The molecule has 0 unspecified atom stereocenters. The summed E-state index contributed by atoms with van der Waals surface area (Å²) >= 11 is 0. The smallest absolute Gasteiger partial charge is 0.0721 e. The fourth-order valence-electron chi connectivity index (χ4n) is 1.51. The highest BCUT2D eigenvalue weighted by Crippen LogP contribution is 2.09. The van der Waals surface area contributed by atoms with Gasteiger partial charge in [0.05, 0.1) is 19.8 Å². The van der Waals surface area contributed by atoms with Crippen LogP contribution in [-0.4, -0.2) is 26.9 Å². The van der Waals surface area contributed by atoms with E-state index in [0.717, 1.165) is 13.2 Å². The summed E-state index contributed by atoms with van der Waals surface area (Å²) < 4.78 is 10.8. The lowest BCUT2D eigenvalue weighted by Gasteiger charge is -2.09. The molecule has 0 aliphatic carbocycles. The molecule has 0 atom stereocenters. The van der Waals surface area contributed by atoms with Crippen molar-refractivity contribution in [3.63, 3.8) is 0 Å². The first-order valence-corrected chi connectivity index (χ1v) is 5.75. The van der Waals surface area contributed by atoms with Crippen LogP contribution < -0.4 is 5.32 Å². The maximum atomic E-state index is 5.56. The summed E-state index contributed by atoms with van der Waals surface area (Å²) in [7, 11) is 1.95. The third kappa shape index (κ3) is 4.75. The lowest BCUT2D eigenvalue weighted by atomic mass is 10.1. The van der Waals surface area contributed by atoms with Crippen LogP contribution in [-0.2, 0) is 22.6 Å². The van der Waals surface area contributed by atoms with Gasteiger partial charge in [0.15, 0.2) is 0 Å². The monoisotopic (exact) mass is 223 g/mol. The van der Waals surface area contributed by atoms with Crippen molar-refractivity contribution in [2.24, 2.45) is 0 Å². The lowest BCUT2D eigenvalue weighted by Crippen LogP contribution is -2.09. The molecule has 0 aliphatic rings. The first-order valence-electron chi connectivity index (χ1n) is 5.75. The first-order chi connectivity index (χ1) is 7.88. The molecule has 0 fully saturated rings. The van der Waals surface area contributed by atoms with E-state index in [4.69, 9.17) is 9.47 Å². The molecule has 1 aromatic carbocycles. The molecule has 90 valence electrons. The van der Waals surface area contributed by atoms with Crippen LogP contribution in [0.3, 0.4) is 0 Å². The third-order valence-electron chi connectivity index (χ3n) is 2.32. The van der Waals surface area contributed by atoms with E-state index in [0.29, 0.717) is 19.8 Å². The van der Waals surface area contributed by atoms with Gasteiger partial charge in [-0.1, -0.05) is 24.3 Å². The van der Waals surface area contributed by atoms with Gasteiger partial charge in [-0.2, -0.15) is 0 Å². The Labute approximate surface area is 97.8 Å². The minimum absolute atomic E-state index is 0.654. The van der Waals surface area contributed by atoms with E-state index in [2.05, 4.69) is 23.5 Å². The summed E-state index contributed by atoms with van der Waals surface area (Å²) in [6.45, 7) is 5.60. The summed E-state index contributed by atoms with van der Waals surface area (Å²) in [5.41, 5.74) is 2.54. The van der Waals surface area contributed by atoms with Crippen molar-refractivity contribution in [2.45, 2.75) is 20.1 Å². The van der Waals surface area contributed by atoms with Gasteiger partial charge in [-0.25, -0.2) is 0 Å². The molecule has 1 aromatic rings. The molecule has 1 N–H and O–H groups in total. The topological polar surface area (TPSA) is 30.5 Å². The summed E-state index contributed by atoms with van der Waals surface area (Å²) in [6, 6.07) is 8.32. The van der Waals surface area contributed by atoms with E-state index < -0.39 is 0 Å². The summed E-state index contributed by atoms with van der Waals surface area (Å²) in [6.07, 6.45) is 0. The predicted octanol–water partition coefficient (Wildman–Crippen LogP) is 1.96. The molecule has 3 heteroatoms. The zero-order valence-electron chi connectivity index (χ0n) is 10.2. The van der Waals surface area contributed by atoms with Crippen LogP contribution in [0.15, 0.2) is 24.3 Å². The Morgan fingerprint density at radius 3 is 2.44 bits per heavy atom. The van der Waals surface area contributed by atoms with Gasteiger partial charge in [0.2, 0.25) is 0 Å². The van der Waals surface area contributed by atoms with Crippen LogP contribution in [0, 0.1) is 0 Å². The van der Waals surface area contributed by atoms with E-state index >= 15 is 0 Å². The quantitative estimate of drug-likeness (QED) is 0.683. The number of benzene rings is 1. The van der Waals surface area contributed by atoms with Gasteiger partial charge in [0.1, 0.15) is 0 Å². The average molecular weight is 223 g/mol. The Balaban J connectivity index is 2.34. The number of rotatable bonds is 8. The molecule has 0 heterocycles. The number of ether oxygens (including phenoxy) is 2. The Hall–Kier alpha value is -0.900. The van der Waals surface area contributed by atoms with Crippen LogP contribution in [0.4, 0.5) is 0 Å². The van der Waals surface area contributed by atoms with Gasteiger partial charge in [-0.05, 0) is 25.1 Å². The summed E-state index contributed by atoms with van der Waals surface area (Å²) in [4.78, 5) is 0. The van der Waals surface area contributed by atoms with E-state index in [-0.39, 0.29) is 0 Å². The molecule has 1 rings (SSSR count). The molecule has 0 aromatic heterocycles. The van der Waals surface area contributed by atoms with Gasteiger partial charge in [0.25, 0.3) is 0 Å². The zero-order chi connectivity index (χ0) is 11.6. The van der Waals surface area contributed by atoms with Gasteiger partial charge >= 0.3 is 0 Å². The summed E-state index contributed by atoms with van der Waals surface area (Å²) in [5.74, 6) is 0. The SMILES string of the molecule is CCOCCOCc1ccccc1CNC. The van der Waals surface area contributed by atoms with Crippen molar-refractivity contribution in [3.05, 3.63) is 35.4 Å². The molecular weight excluding hydrogens is 202 g/mol. The van der Waals surface area contributed by atoms with Crippen molar-refractivity contribution in [2.75, 3.05) is 26.9 Å². The van der Waals surface area contributed by atoms with Crippen LogP contribution in [0.2, 0.25) is 0 Å². The van der Waals surface area contributed by atoms with Gasteiger partial charge < -0.3 is 14.8 Å². The second kappa shape index (κ2) is 8.28. The van der Waals surface area contributed by atoms with E-state index in [1.54, 1.807) is 0 Å². The number of hydrogen-bond acceptors (Lipinski definition) is 3.